The van der Waals surface area contributed by atoms with E-state index in [0.717, 1.165) is 6.26 Å². The first-order chi connectivity index (χ1) is 8.34. The second-order valence-electron chi connectivity index (χ2n) is 3.54. The van der Waals surface area contributed by atoms with Gasteiger partial charge in [0.15, 0.2) is 9.84 Å². The van der Waals surface area contributed by atoms with Gasteiger partial charge in [-0.15, -0.1) is 0 Å². The summed E-state index contributed by atoms with van der Waals surface area (Å²) in [6.07, 6.45) is 2.25. The van der Waals surface area contributed by atoms with E-state index >= 15 is 0 Å². The molecule has 0 saturated carbocycles. The summed E-state index contributed by atoms with van der Waals surface area (Å²) in [5.74, 6) is -0.301. The number of rotatable bonds is 5. The minimum atomic E-state index is -3.32. The zero-order valence-corrected chi connectivity index (χ0v) is 11.3. The molecule has 0 aliphatic carbocycles. The first kappa shape index (κ1) is 14.9. The van der Waals surface area contributed by atoms with Crippen molar-refractivity contribution in [3.8, 4) is 5.75 Å². The predicted molar refractivity (Wildman–Crippen MR) is 68.3 cm³/mol. The van der Waals surface area contributed by atoms with E-state index in [1.165, 1.54) is 24.3 Å². The molecule has 0 aliphatic heterocycles. The number of hydrogen-bond acceptors (Lipinski definition) is 4. The second-order valence-corrected chi connectivity index (χ2v) is 5.96. The lowest BCUT2D eigenvalue weighted by atomic mass is 10.3. The number of hydrogen-bond donors (Lipinski definition) is 1. The zero-order chi connectivity index (χ0) is 13.8. The van der Waals surface area contributed by atoms with Crippen molar-refractivity contribution in [3.63, 3.8) is 0 Å². The van der Waals surface area contributed by atoms with E-state index in [2.05, 4.69) is 0 Å². The Bertz CT molecular complexity index is 557. The molecular formula is C11H13ClFNO3S. The number of nitrogens with two attached hydrogens (primary N) is 1. The van der Waals surface area contributed by atoms with Crippen LogP contribution in [0.3, 0.4) is 0 Å². The average Bonchev–Trinajstić information content (AvgIpc) is 2.26. The third-order valence-corrected chi connectivity index (χ3v) is 3.44. The van der Waals surface area contributed by atoms with E-state index in [1.807, 2.05) is 0 Å². The lowest BCUT2D eigenvalue weighted by Crippen LogP contribution is -2.03. The van der Waals surface area contributed by atoms with Gasteiger partial charge >= 0.3 is 0 Å². The van der Waals surface area contributed by atoms with E-state index in [0.29, 0.717) is 0 Å². The van der Waals surface area contributed by atoms with Crippen LogP contribution in [0, 0.1) is 0 Å². The molecule has 1 rings (SSSR count). The third-order valence-electron chi connectivity index (χ3n) is 2.04. The molecule has 0 spiro atoms. The maximum Gasteiger partial charge on any atom is 0.175 e. The minimum absolute atomic E-state index is 0.0793. The van der Waals surface area contributed by atoms with Crippen molar-refractivity contribution in [3.05, 3.63) is 35.1 Å². The van der Waals surface area contributed by atoms with Gasteiger partial charge in [-0.2, -0.15) is 0 Å². The van der Waals surface area contributed by atoms with Crippen LogP contribution in [0.5, 0.6) is 5.75 Å². The number of sulfone groups is 1. The second kappa shape index (κ2) is 6.17. The van der Waals surface area contributed by atoms with Crippen molar-refractivity contribution >= 4 is 21.4 Å². The molecule has 0 fully saturated rings. The summed E-state index contributed by atoms with van der Waals surface area (Å²) >= 11 is 5.84. The number of benzene rings is 1. The molecular weight excluding hydrogens is 281 g/mol. The molecule has 0 bridgehead atoms. The molecule has 1 aromatic carbocycles. The van der Waals surface area contributed by atoms with E-state index in [1.54, 1.807) is 0 Å². The summed E-state index contributed by atoms with van der Waals surface area (Å²) in [6.45, 7) is -0.217. The first-order valence-corrected chi connectivity index (χ1v) is 7.28. The van der Waals surface area contributed by atoms with Crippen LogP contribution in [0.15, 0.2) is 35.0 Å². The largest absolute Gasteiger partial charge is 0.485 e. The maximum absolute atomic E-state index is 13.0. The Morgan fingerprint density at radius 3 is 2.72 bits per heavy atom. The Labute approximate surface area is 110 Å². The van der Waals surface area contributed by atoms with E-state index in [-0.39, 0.29) is 28.8 Å². The molecule has 0 aromatic heterocycles. The fourth-order valence-electron chi connectivity index (χ4n) is 1.16. The zero-order valence-electron chi connectivity index (χ0n) is 9.69. The van der Waals surface area contributed by atoms with Gasteiger partial charge in [0.05, 0.1) is 9.92 Å². The lowest BCUT2D eigenvalue weighted by Gasteiger charge is -2.08. The summed E-state index contributed by atoms with van der Waals surface area (Å²) in [4.78, 5) is 0.0813. The molecule has 4 nitrogen and oxygen atoms in total. The van der Waals surface area contributed by atoms with Gasteiger partial charge in [-0.1, -0.05) is 11.6 Å². The van der Waals surface area contributed by atoms with Crippen molar-refractivity contribution in [1.82, 2.24) is 0 Å². The summed E-state index contributed by atoms with van der Waals surface area (Å²) in [7, 11) is -3.32. The van der Waals surface area contributed by atoms with Gasteiger partial charge in [-0.3, -0.25) is 0 Å². The molecule has 0 radical (unpaired) electrons. The fraction of sp³-hybridized carbons (Fsp3) is 0.273. The summed E-state index contributed by atoms with van der Waals surface area (Å²) in [5.41, 5.74) is 5.13. The molecule has 100 valence electrons. The topological polar surface area (TPSA) is 69.4 Å². The molecule has 0 atom stereocenters. The molecule has 7 heteroatoms. The van der Waals surface area contributed by atoms with Crippen LogP contribution in [0.25, 0.3) is 0 Å². The highest BCUT2D eigenvalue weighted by molar-refractivity contribution is 7.90. The van der Waals surface area contributed by atoms with E-state index in [4.69, 9.17) is 22.1 Å². The van der Waals surface area contributed by atoms with Crippen LogP contribution in [-0.4, -0.2) is 27.8 Å². The minimum Gasteiger partial charge on any atom is -0.485 e. The molecule has 0 aliphatic rings. The van der Waals surface area contributed by atoms with Crippen LogP contribution >= 0.6 is 11.6 Å². The molecule has 0 saturated heterocycles. The highest BCUT2D eigenvalue weighted by Crippen LogP contribution is 2.27. The Balaban J connectivity index is 2.84. The Morgan fingerprint density at radius 1 is 1.56 bits per heavy atom. The highest BCUT2D eigenvalue weighted by Gasteiger charge is 2.11. The SMILES string of the molecule is CS(=O)(=O)c1ccc(OC/C(F)=C/CN)c(Cl)c1. The summed E-state index contributed by atoms with van der Waals surface area (Å²) in [6, 6.07) is 3.99. The average molecular weight is 294 g/mol. The standard InChI is InChI=1S/C11H13ClFNO3S/c1-18(15,16)9-2-3-11(10(12)6-9)17-7-8(13)4-5-14/h2-4,6H,5,7,14H2,1H3/b8-4-. The van der Waals surface area contributed by atoms with Crippen LogP contribution < -0.4 is 10.5 Å². The van der Waals surface area contributed by atoms with Crippen LogP contribution in [0.2, 0.25) is 5.02 Å². The van der Waals surface area contributed by atoms with E-state index in [9.17, 15) is 12.8 Å². The highest BCUT2D eigenvalue weighted by atomic mass is 35.5. The molecule has 2 N–H and O–H groups in total. The van der Waals surface area contributed by atoms with Gasteiger partial charge in [0.1, 0.15) is 18.2 Å². The monoisotopic (exact) mass is 293 g/mol. The van der Waals surface area contributed by atoms with Gasteiger partial charge in [-0.25, -0.2) is 12.8 Å². The molecule has 18 heavy (non-hydrogen) atoms. The normalized spacial score (nSPS) is 12.6. The number of halogens is 2. The third kappa shape index (κ3) is 4.29. The molecule has 1 aromatic rings. The van der Waals surface area contributed by atoms with Gasteiger partial charge in [0.2, 0.25) is 0 Å². The van der Waals surface area contributed by atoms with Crippen molar-refractivity contribution in [2.24, 2.45) is 5.73 Å². The molecule has 0 heterocycles. The Hall–Kier alpha value is -1.11. The Kier molecular flexibility index (Phi) is 5.13. The van der Waals surface area contributed by atoms with Crippen molar-refractivity contribution < 1.29 is 17.5 Å². The smallest absolute Gasteiger partial charge is 0.175 e. The lowest BCUT2D eigenvalue weighted by molar-refractivity contribution is 0.318. The van der Waals surface area contributed by atoms with Gasteiger partial charge in [0.25, 0.3) is 0 Å². The van der Waals surface area contributed by atoms with Crippen molar-refractivity contribution in [1.29, 1.82) is 0 Å². The van der Waals surface area contributed by atoms with Crippen LogP contribution in [0.4, 0.5) is 4.39 Å². The van der Waals surface area contributed by atoms with Gasteiger partial charge in [0, 0.05) is 12.8 Å². The van der Waals surface area contributed by atoms with Crippen LogP contribution in [0.1, 0.15) is 0 Å². The Morgan fingerprint density at radius 2 is 2.22 bits per heavy atom. The molecule has 0 unspecified atom stereocenters. The van der Waals surface area contributed by atoms with Crippen molar-refractivity contribution in [2.75, 3.05) is 19.4 Å². The van der Waals surface area contributed by atoms with Gasteiger partial charge < -0.3 is 10.5 Å². The predicted octanol–water partition coefficient (Wildman–Crippen LogP) is 1.93. The summed E-state index contributed by atoms with van der Waals surface area (Å²) in [5, 5.41) is 0.110. The van der Waals surface area contributed by atoms with Crippen molar-refractivity contribution in [2.45, 2.75) is 4.90 Å². The number of ether oxygens (including phenoxy) is 1. The maximum atomic E-state index is 13.0. The summed E-state index contributed by atoms with van der Waals surface area (Å²) < 4.78 is 40.6. The molecule has 0 amide bonds. The quantitative estimate of drug-likeness (QED) is 0.900. The first-order valence-electron chi connectivity index (χ1n) is 5.01. The van der Waals surface area contributed by atoms with E-state index < -0.39 is 15.7 Å². The van der Waals surface area contributed by atoms with Crippen LogP contribution in [-0.2, 0) is 9.84 Å². The van der Waals surface area contributed by atoms with Gasteiger partial charge in [-0.05, 0) is 24.3 Å². The fourth-order valence-corrected chi connectivity index (χ4v) is 2.11.